The molecule has 8 heteroatoms. The number of amides is 2. The number of carbonyl (C=O) groups is 3. The van der Waals surface area contributed by atoms with Crippen molar-refractivity contribution in [2.24, 2.45) is 0 Å². The third kappa shape index (κ3) is 4.02. The van der Waals surface area contributed by atoms with Gasteiger partial charge >= 0.3 is 5.97 Å². The molecule has 1 aromatic heterocycles. The Morgan fingerprint density at radius 2 is 2.33 bits per heavy atom. The van der Waals surface area contributed by atoms with Gasteiger partial charge in [0, 0.05) is 20.1 Å². The van der Waals surface area contributed by atoms with Gasteiger partial charge in [-0.15, -0.1) is 0 Å². The van der Waals surface area contributed by atoms with E-state index < -0.39 is 12.0 Å². The van der Waals surface area contributed by atoms with Crippen molar-refractivity contribution in [3.05, 3.63) is 22.4 Å². The fourth-order valence-electron chi connectivity index (χ4n) is 2.14. The zero-order valence-corrected chi connectivity index (χ0v) is 12.4. The predicted octanol–water partition coefficient (Wildman–Crippen LogP) is -0.408. The van der Waals surface area contributed by atoms with Crippen LogP contribution in [0.4, 0.5) is 0 Å². The maximum atomic E-state index is 12.2. The molecule has 1 atom stereocenters. The number of aliphatic carboxylic acids is 1. The Morgan fingerprint density at radius 3 is 2.95 bits per heavy atom. The molecular formula is C13H17N3O4S. The second kappa shape index (κ2) is 6.68. The number of likely N-dealkylation sites (N-methyl/N-ethyl adjacent to an activating group) is 1. The van der Waals surface area contributed by atoms with Crippen LogP contribution in [-0.2, 0) is 20.9 Å². The summed E-state index contributed by atoms with van der Waals surface area (Å²) in [5.41, 5.74) is 1.03. The molecule has 1 saturated heterocycles. The van der Waals surface area contributed by atoms with Crippen LogP contribution in [-0.4, -0.2) is 65.4 Å². The van der Waals surface area contributed by atoms with Crippen molar-refractivity contribution >= 4 is 29.1 Å². The number of piperazine rings is 1. The van der Waals surface area contributed by atoms with Gasteiger partial charge in [-0.05, 0) is 22.4 Å². The van der Waals surface area contributed by atoms with Gasteiger partial charge in [0.15, 0.2) is 0 Å². The van der Waals surface area contributed by atoms with E-state index in [0.717, 1.165) is 5.56 Å². The Bertz CT molecular complexity index is 532. The van der Waals surface area contributed by atoms with Crippen LogP contribution in [0.5, 0.6) is 0 Å². The molecule has 1 aliphatic rings. The molecule has 0 aromatic carbocycles. The number of hydrogen-bond donors (Lipinski definition) is 2. The molecule has 2 amide bonds. The molecule has 1 fully saturated rings. The van der Waals surface area contributed by atoms with Crippen LogP contribution in [0.3, 0.4) is 0 Å². The Labute approximate surface area is 126 Å². The average Bonchev–Trinajstić information content (AvgIpc) is 2.91. The topological polar surface area (TPSA) is 90.0 Å². The monoisotopic (exact) mass is 311 g/mol. The van der Waals surface area contributed by atoms with Crippen molar-refractivity contribution in [3.8, 4) is 0 Å². The molecule has 21 heavy (non-hydrogen) atoms. The second-order valence-electron chi connectivity index (χ2n) is 4.94. The molecule has 0 radical (unpaired) electrons. The van der Waals surface area contributed by atoms with Crippen LogP contribution in [0.1, 0.15) is 5.56 Å². The quantitative estimate of drug-likeness (QED) is 0.772. The molecule has 7 nitrogen and oxygen atoms in total. The number of carboxylic acid groups (broad SMARTS) is 1. The van der Waals surface area contributed by atoms with Crippen molar-refractivity contribution in [1.29, 1.82) is 0 Å². The molecular weight excluding hydrogens is 294 g/mol. The lowest BCUT2D eigenvalue weighted by Crippen LogP contribution is -2.59. The first kappa shape index (κ1) is 15.5. The third-order valence-corrected chi connectivity index (χ3v) is 4.06. The van der Waals surface area contributed by atoms with Gasteiger partial charge in [-0.3, -0.25) is 19.3 Å². The Morgan fingerprint density at radius 1 is 1.57 bits per heavy atom. The SMILES string of the molecule is CN(Cc1ccsc1)C(=O)CN1CC(=O)NCC1C(=O)O. The summed E-state index contributed by atoms with van der Waals surface area (Å²) in [7, 11) is 1.67. The van der Waals surface area contributed by atoms with Crippen LogP contribution < -0.4 is 5.32 Å². The van der Waals surface area contributed by atoms with Gasteiger partial charge in [0.25, 0.3) is 0 Å². The standard InChI is InChI=1S/C13H17N3O4S/c1-15(5-9-2-3-21-8-9)12(18)7-16-6-11(17)14-4-10(16)13(19)20/h2-3,8,10H,4-7H2,1H3,(H,14,17)(H,19,20). The van der Waals surface area contributed by atoms with E-state index in [1.165, 1.54) is 9.80 Å². The van der Waals surface area contributed by atoms with E-state index in [1.807, 2.05) is 16.8 Å². The first-order valence-corrected chi connectivity index (χ1v) is 7.40. The highest BCUT2D eigenvalue weighted by Gasteiger charge is 2.33. The number of carboxylic acids is 1. The molecule has 0 spiro atoms. The summed E-state index contributed by atoms with van der Waals surface area (Å²) in [5.74, 6) is -1.51. The summed E-state index contributed by atoms with van der Waals surface area (Å²) in [5, 5.41) is 15.5. The first-order valence-electron chi connectivity index (χ1n) is 6.46. The lowest BCUT2D eigenvalue weighted by atomic mass is 10.2. The van der Waals surface area contributed by atoms with Crippen LogP contribution in [0, 0.1) is 0 Å². The van der Waals surface area contributed by atoms with Gasteiger partial charge < -0.3 is 15.3 Å². The fourth-order valence-corrected chi connectivity index (χ4v) is 2.80. The number of hydrogen-bond acceptors (Lipinski definition) is 5. The second-order valence-corrected chi connectivity index (χ2v) is 5.72. The molecule has 2 N–H and O–H groups in total. The zero-order valence-electron chi connectivity index (χ0n) is 11.6. The molecule has 1 aliphatic heterocycles. The molecule has 1 unspecified atom stereocenters. The van der Waals surface area contributed by atoms with Crippen molar-refractivity contribution in [2.75, 3.05) is 26.7 Å². The number of thiophene rings is 1. The average molecular weight is 311 g/mol. The largest absolute Gasteiger partial charge is 0.480 e. The highest BCUT2D eigenvalue weighted by atomic mass is 32.1. The molecule has 0 saturated carbocycles. The number of rotatable bonds is 5. The Kier molecular flexibility index (Phi) is 4.92. The van der Waals surface area contributed by atoms with Gasteiger partial charge in [0.2, 0.25) is 11.8 Å². The molecule has 2 rings (SSSR count). The van der Waals surface area contributed by atoms with Gasteiger partial charge in [0.1, 0.15) is 6.04 Å². The van der Waals surface area contributed by atoms with E-state index in [1.54, 1.807) is 18.4 Å². The van der Waals surface area contributed by atoms with E-state index in [-0.39, 0.29) is 31.4 Å². The summed E-state index contributed by atoms with van der Waals surface area (Å²) in [6, 6.07) is 1.07. The molecule has 1 aromatic rings. The van der Waals surface area contributed by atoms with Crippen LogP contribution in [0.15, 0.2) is 16.8 Å². The van der Waals surface area contributed by atoms with Gasteiger partial charge in [-0.1, -0.05) is 0 Å². The van der Waals surface area contributed by atoms with Crippen LogP contribution in [0.25, 0.3) is 0 Å². The first-order chi connectivity index (χ1) is 9.97. The number of nitrogens with one attached hydrogen (secondary N) is 1. The van der Waals surface area contributed by atoms with Crippen molar-refractivity contribution in [1.82, 2.24) is 15.1 Å². The van der Waals surface area contributed by atoms with Crippen molar-refractivity contribution in [2.45, 2.75) is 12.6 Å². The molecule has 2 heterocycles. The normalized spacial score (nSPS) is 19.1. The number of carbonyl (C=O) groups excluding carboxylic acids is 2. The van der Waals surface area contributed by atoms with E-state index in [0.29, 0.717) is 6.54 Å². The van der Waals surface area contributed by atoms with Crippen molar-refractivity contribution in [3.63, 3.8) is 0 Å². The van der Waals surface area contributed by atoms with Crippen molar-refractivity contribution < 1.29 is 19.5 Å². The highest BCUT2D eigenvalue weighted by molar-refractivity contribution is 7.07. The van der Waals surface area contributed by atoms with Crippen LogP contribution in [0.2, 0.25) is 0 Å². The van der Waals surface area contributed by atoms with E-state index >= 15 is 0 Å². The summed E-state index contributed by atoms with van der Waals surface area (Å²) >= 11 is 1.55. The molecule has 114 valence electrons. The van der Waals surface area contributed by atoms with E-state index in [9.17, 15) is 14.4 Å². The van der Waals surface area contributed by atoms with Gasteiger partial charge in [-0.25, -0.2) is 0 Å². The van der Waals surface area contributed by atoms with E-state index in [2.05, 4.69) is 5.32 Å². The minimum Gasteiger partial charge on any atom is -0.480 e. The summed E-state index contributed by atoms with van der Waals surface area (Å²) in [6.07, 6.45) is 0. The minimum absolute atomic E-state index is 0.0235. The summed E-state index contributed by atoms with van der Waals surface area (Å²) in [4.78, 5) is 37.6. The summed E-state index contributed by atoms with van der Waals surface area (Å²) < 4.78 is 0. The lowest BCUT2D eigenvalue weighted by Gasteiger charge is -2.33. The number of nitrogens with zero attached hydrogens (tertiary/aromatic N) is 2. The molecule has 0 aliphatic carbocycles. The Hall–Kier alpha value is -1.93. The van der Waals surface area contributed by atoms with Gasteiger partial charge in [-0.2, -0.15) is 11.3 Å². The smallest absolute Gasteiger partial charge is 0.322 e. The minimum atomic E-state index is -1.04. The maximum Gasteiger partial charge on any atom is 0.322 e. The van der Waals surface area contributed by atoms with E-state index in [4.69, 9.17) is 5.11 Å². The highest BCUT2D eigenvalue weighted by Crippen LogP contribution is 2.10. The zero-order chi connectivity index (χ0) is 15.4. The summed E-state index contributed by atoms with van der Waals surface area (Å²) in [6.45, 7) is 0.343. The fraction of sp³-hybridized carbons (Fsp3) is 0.462. The third-order valence-electron chi connectivity index (χ3n) is 3.33. The van der Waals surface area contributed by atoms with Crippen LogP contribution >= 0.6 is 11.3 Å². The van der Waals surface area contributed by atoms with Gasteiger partial charge in [0.05, 0.1) is 13.1 Å². The predicted molar refractivity (Wildman–Crippen MR) is 76.8 cm³/mol. The Balaban J connectivity index is 1.95. The lowest BCUT2D eigenvalue weighted by molar-refractivity contribution is -0.147. The maximum absolute atomic E-state index is 12.2. The molecule has 0 bridgehead atoms.